The van der Waals surface area contributed by atoms with Gasteiger partial charge in [-0.3, -0.25) is 4.79 Å². The van der Waals surface area contributed by atoms with E-state index in [-0.39, 0.29) is 6.42 Å². The van der Waals surface area contributed by atoms with Gasteiger partial charge < -0.3 is 14.9 Å². The van der Waals surface area contributed by atoms with Crippen LogP contribution in [0.4, 0.5) is 0 Å². The van der Waals surface area contributed by atoms with Crippen molar-refractivity contribution in [1.82, 2.24) is 9.80 Å². The molecular weight excluding hydrogens is 276 g/mol. The lowest BCUT2D eigenvalue weighted by Gasteiger charge is -2.22. The monoisotopic (exact) mass is 300 g/mol. The van der Waals surface area contributed by atoms with Crippen LogP contribution >= 0.6 is 0 Å². The lowest BCUT2D eigenvalue weighted by atomic mass is 10.0. The van der Waals surface area contributed by atoms with E-state index < -0.39 is 5.97 Å². The summed E-state index contributed by atoms with van der Waals surface area (Å²) in [6.45, 7) is 3.28. The van der Waals surface area contributed by atoms with Crippen LogP contribution in [-0.2, 0) is 11.3 Å². The van der Waals surface area contributed by atoms with Crippen molar-refractivity contribution < 1.29 is 9.90 Å². The lowest BCUT2D eigenvalue weighted by molar-refractivity contribution is -0.137. The van der Waals surface area contributed by atoms with Gasteiger partial charge >= 0.3 is 5.97 Å². The fraction of sp³-hybridized carbons (Fsp3) is 0.389. The average Bonchev–Trinajstić information content (AvgIpc) is 2.51. The first-order valence-electron chi connectivity index (χ1n) is 7.62. The molecule has 0 spiro atoms. The zero-order valence-corrected chi connectivity index (χ0v) is 13.3. The van der Waals surface area contributed by atoms with Gasteiger partial charge in [0.25, 0.3) is 0 Å². The first-order valence-corrected chi connectivity index (χ1v) is 7.62. The molecule has 4 nitrogen and oxygen atoms in total. The summed E-state index contributed by atoms with van der Waals surface area (Å²) in [7, 11) is 4.07. The minimum absolute atomic E-state index is 0.198. The molecule has 2 aromatic carbocycles. The van der Waals surface area contributed by atoms with Gasteiger partial charge in [-0.15, -0.1) is 0 Å². The highest BCUT2D eigenvalue weighted by atomic mass is 16.4. The van der Waals surface area contributed by atoms with Crippen molar-refractivity contribution in [2.75, 3.05) is 33.7 Å². The van der Waals surface area contributed by atoms with E-state index in [0.717, 1.165) is 19.6 Å². The Bertz CT molecular complexity index is 622. The molecule has 0 fully saturated rings. The molecule has 22 heavy (non-hydrogen) atoms. The van der Waals surface area contributed by atoms with Crippen LogP contribution in [0.5, 0.6) is 0 Å². The third kappa shape index (κ3) is 4.83. The molecule has 0 heterocycles. The Morgan fingerprint density at radius 2 is 1.64 bits per heavy atom. The summed E-state index contributed by atoms with van der Waals surface area (Å²) in [5.74, 6) is -0.740. The predicted molar refractivity (Wildman–Crippen MR) is 90.0 cm³/mol. The maximum absolute atomic E-state index is 10.6. The molecule has 0 aliphatic rings. The van der Waals surface area contributed by atoms with Gasteiger partial charge in [-0.2, -0.15) is 0 Å². The molecule has 0 saturated carbocycles. The van der Waals surface area contributed by atoms with Crippen LogP contribution in [0.15, 0.2) is 42.5 Å². The number of fused-ring (bicyclic) bond motifs is 1. The van der Waals surface area contributed by atoms with Gasteiger partial charge in [-0.25, -0.2) is 0 Å². The highest BCUT2D eigenvalue weighted by Gasteiger charge is 2.07. The lowest BCUT2D eigenvalue weighted by Crippen LogP contribution is -2.31. The van der Waals surface area contributed by atoms with Crippen molar-refractivity contribution in [3.05, 3.63) is 48.0 Å². The quantitative estimate of drug-likeness (QED) is 0.814. The van der Waals surface area contributed by atoms with Gasteiger partial charge in [-0.05, 0) is 30.4 Å². The van der Waals surface area contributed by atoms with Crippen LogP contribution in [0.2, 0.25) is 0 Å². The van der Waals surface area contributed by atoms with Crippen molar-refractivity contribution in [1.29, 1.82) is 0 Å². The van der Waals surface area contributed by atoms with Gasteiger partial charge in [0.15, 0.2) is 0 Å². The summed E-state index contributed by atoms with van der Waals surface area (Å²) >= 11 is 0. The number of carboxylic acids is 1. The van der Waals surface area contributed by atoms with Crippen LogP contribution in [0.3, 0.4) is 0 Å². The minimum atomic E-state index is -0.740. The van der Waals surface area contributed by atoms with Gasteiger partial charge in [0.05, 0.1) is 6.42 Å². The van der Waals surface area contributed by atoms with E-state index in [0.29, 0.717) is 6.54 Å². The molecule has 0 amide bonds. The maximum atomic E-state index is 10.6. The molecule has 0 aliphatic carbocycles. The Kier molecular flexibility index (Phi) is 5.92. The molecule has 0 aromatic heterocycles. The van der Waals surface area contributed by atoms with Gasteiger partial charge in [-0.1, -0.05) is 42.5 Å². The van der Waals surface area contributed by atoms with E-state index in [9.17, 15) is 4.79 Å². The largest absolute Gasteiger partial charge is 0.481 e. The molecular formula is C18H24N2O2. The first kappa shape index (κ1) is 16.5. The van der Waals surface area contributed by atoms with Crippen molar-refractivity contribution >= 4 is 16.7 Å². The Hall–Kier alpha value is -1.91. The zero-order chi connectivity index (χ0) is 15.9. The number of nitrogens with zero attached hydrogens (tertiary/aromatic N) is 2. The molecule has 0 bridgehead atoms. The average molecular weight is 300 g/mol. The smallest absolute Gasteiger partial charge is 0.304 e. The van der Waals surface area contributed by atoms with Gasteiger partial charge in [0.2, 0.25) is 0 Å². The van der Waals surface area contributed by atoms with E-state index in [1.54, 1.807) is 0 Å². The molecule has 0 saturated heterocycles. The standard InChI is InChI=1S/C18H24N2O2/c1-19(11-10-18(21)22)12-13-20(2)14-16-8-5-7-15-6-3-4-9-17(15)16/h3-9H,10-14H2,1-2H3,(H,21,22). The van der Waals surface area contributed by atoms with Crippen LogP contribution in [0.25, 0.3) is 10.8 Å². The van der Waals surface area contributed by atoms with Crippen LogP contribution < -0.4 is 0 Å². The molecule has 0 unspecified atom stereocenters. The molecule has 118 valence electrons. The van der Waals surface area contributed by atoms with Crippen LogP contribution in [-0.4, -0.2) is 54.6 Å². The number of aliphatic carboxylic acids is 1. The Labute approximate surface area is 132 Å². The van der Waals surface area contributed by atoms with Crippen molar-refractivity contribution in [2.45, 2.75) is 13.0 Å². The van der Waals surface area contributed by atoms with E-state index in [2.05, 4.69) is 59.3 Å². The van der Waals surface area contributed by atoms with E-state index in [1.165, 1.54) is 16.3 Å². The Morgan fingerprint density at radius 3 is 2.41 bits per heavy atom. The normalized spacial score (nSPS) is 11.5. The third-order valence-electron chi connectivity index (χ3n) is 3.89. The molecule has 0 aliphatic heterocycles. The topological polar surface area (TPSA) is 43.8 Å². The van der Waals surface area contributed by atoms with E-state index in [4.69, 9.17) is 5.11 Å². The number of carboxylic acid groups (broad SMARTS) is 1. The van der Waals surface area contributed by atoms with E-state index in [1.807, 2.05) is 7.05 Å². The number of benzene rings is 2. The minimum Gasteiger partial charge on any atom is -0.481 e. The summed E-state index contributed by atoms with van der Waals surface area (Å²) in [6, 6.07) is 14.9. The second-order valence-corrected chi connectivity index (χ2v) is 5.82. The second kappa shape index (κ2) is 7.92. The SMILES string of the molecule is CN(CCC(=O)O)CCN(C)Cc1cccc2ccccc12. The van der Waals surface area contributed by atoms with Crippen LogP contribution in [0, 0.1) is 0 Å². The number of rotatable bonds is 8. The second-order valence-electron chi connectivity index (χ2n) is 5.82. The number of hydrogen-bond donors (Lipinski definition) is 1. The highest BCUT2D eigenvalue weighted by molar-refractivity contribution is 5.85. The summed E-state index contributed by atoms with van der Waals surface area (Å²) in [5.41, 5.74) is 1.33. The summed E-state index contributed by atoms with van der Waals surface area (Å²) in [5, 5.41) is 11.3. The Balaban J connectivity index is 1.88. The summed E-state index contributed by atoms with van der Waals surface area (Å²) in [6.07, 6.45) is 0.198. The predicted octanol–water partition coefficient (Wildman–Crippen LogP) is 2.68. The number of likely N-dealkylation sites (N-methyl/N-ethyl adjacent to an activating group) is 2. The fourth-order valence-corrected chi connectivity index (χ4v) is 2.54. The Morgan fingerprint density at radius 1 is 0.955 bits per heavy atom. The van der Waals surface area contributed by atoms with Crippen molar-refractivity contribution in [3.63, 3.8) is 0 Å². The van der Waals surface area contributed by atoms with Crippen molar-refractivity contribution in [3.8, 4) is 0 Å². The molecule has 4 heteroatoms. The maximum Gasteiger partial charge on any atom is 0.304 e. The summed E-state index contributed by atoms with van der Waals surface area (Å²) < 4.78 is 0. The number of carbonyl (C=O) groups is 1. The molecule has 0 atom stereocenters. The van der Waals surface area contributed by atoms with E-state index >= 15 is 0 Å². The fourth-order valence-electron chi connectivity index (χ4n) is 2.54. The third-order valence-corrected chi connectivity index (χ3v) is 3.89. The molecule has 2 rings (SSSR count). The summed E-state index contributed by atoms with van der Waals surface area (Å²) in [4.78, 5) is 14.9. The molecule has 0 radical (unpaired) electrons. The van der Waals surface area contributed by atoms with Crippen molar-refractivity contribution in [2.24, 2.45) is 0 Å². The van der Waals surface area contributed by atoms with Gasteiger partial charge in [0.1, 0.15) is 0 Å². The molecule has 2 aromatic rings. The highest BCUT2D eigenvalue weighted by Crippen LogP contribution is 2.19. The zero-order valence-electron chi connectivity index (χ0n) is 13.3. The van der Waals surface area contributed by atoms with Gasteiger partial charge in [0, 0.05) is 26.2 Å². The number of hydrogen-bond acceptors (Lipinski definition) is 3. The molecule has 1 N–H and O–H groups in total. The van der Waals surface area contributed by atoms with Crippen LogP contribution in [0.1, 0.15) is 12.0 Å². The first-order chi connectivity index (χ1) is 10.6.